The van der Waals surface area contributed by atoms with Crippen LogP contribution in [0.5, 0.6) is 5.75 Å². The van der Waals surface area contributed by atoms with E-state index in [9.17, 15) is 31.0 Å². The molecule has 0 fully saturated rings. The monoisotopic (exact) mass is 670 g/mol. The second kappa shape index (κ2) is 13.2. The lowest BCUT2D eigenvalue weighted by Crippen LogP contribution is -2.10. The molecular weight excluding hydrogens is 648 g/mol. The van der Waals surface area contributed by atoms with E-state index in [0.29, 0.717) is 18.1 Å². The second-order valence-corrected chi connectivity index (χ2v) is 12.9. The summed E-state index contributed by atoms with van der Waals surface area (Å²) >= 11 is 7.50. The summed E-state index contributed by atoms with van der Waals surface area (Å²) in [6.45, 7) is 0.529. The van der Waals surface area contributed by atoms with Gasteiger partial charge in [0.05, 0.1) is 22.6 Å². The number of benzene rings is 3. The van der Waals surface area contributed by atoms with E-state index in [2.05, 4.69) is 35.8 Å². The molecule has 4 aromatic rings. The molecular formula is C23H23ClN8O8S3. The topological polar surface area (TPSA) is 263 Å². The van der Waals surface area contributed by atoms with Crippen LogP contribution in [0.2, 0.25) is 5.28 Å². The first kappa shape index (κ1) is 32.1. The number of rotatable bonds is 12. The predicted octanol–water partition coefficient (Wildman–Crippen LogP) is 3.76. The van der Waals surface area contributed by atoms with Crippen molar-refractivity contribution in [2.75, 3.05) is 41.0 Å². The van der Waals surface area contributed by atoms with Crippen molar-refractivity contribution in [2.45, 2.75) is 9.79 Å². The molecule has 43 heavy (non-hydrogen) atoms. The minimum Gasteiger partial charge on any atom is -0.507 e. The Labute approximate surface area is 254 Å². The number of hydrogen-bond acceptors (Lipinski definition) is 15. The maximum Gasteiger partial charge on any atom is 0.296 e. The average Bonchev–Trinajstić information content (AvgIpc) is 2.91. The zero-order valence-electron chi connectivity index (χ0n) is 21.7. The van der Waals surface area contributed by atoms with Crippen LogP contribution in [0.1, 0.15) is 0 Å². The molecule has 0 unspecified atom stereocenters. The molecule has 0 saturated carbocycles. The summed E-state index contributed by atoms with van der Waals surface area (Å²) in [5.41, 5.74) is 5.68. The van der Waals surface area contributed by atoms with E-state index < -0.39 is 35.8 Å². The number of anilines is 4. The molecule has 0 aliphatic carbocycles. The molecule has 0 saturated heterocycles. The first-order valence-electron chi connectivity index (χ1n) is 11.9. The van der Waals surface area contributed by atoms with Gasteiger partial charge in [-0.25, -0.2) is 0 Å². The minimum atomic E-state index is -4.85. The van der Waals surface area contributed by atoms with Crippen molar-refractivity contribution < 1.29 is 36.2 Å². The van der Waals surface area contributed by atoms with Crippen molar-refractivity contribution in [3.8, 4) is 5.75 Å². The molecule has 0 aliphatic heterocycles. The molecule has 16 nitrogen and oxygen atoms in total. The number of aliphatic hydroxyl groups is 1. The van der Waals surface area contributed by atoms with E-state index in [4.69, 9.17) is 22.4 Å². The quantitative estimate of drug-likeness (QED) is 0.0489. The summed E-state index contributed by atoms with van der Waals surface area (Å²) < 4.78 is 66.8. The molecule has 20 heteroatoms. The van der Waals surface area contributed by atoms with Gasteiger partial charge in [-0.15, -0.1) is 10.2 Å². The van der Waals surface area contributed by atoms with Crippen LogP contribution in [-0.2, 0) is 20.2 Å². The van der Waals surface area contributed by atoms with E-state index >= 15 is 0 Å². The van der Waals surface area contributed by atoms with Crippen molar-refractivity contribution in [3.05, 3.63) is 47.7 Å². The number of halogens is 1. The molecule has 3 aromatic carbocycles. The fourth-order valence-corrected chi connectivity index (χ4v) is 5.60. The maximum absolute atomic E-state index is 12.2. The Bertz CT molecular complexity index is 1930. The zero-order valence-corrected chi connectivity index (χ0v) is 24.9. The number of thioether (sulfide) groups is 1. The largest absolute Gasteiger partial charge is 0.507 e. The number of azo groups is 1. The summed E-state index contributed by atoms with van der Waals surface area (Å²) in [4.78, 5) is 10.9. The van der Waals surface area contributed by atoms with Crippen molar-refractivity contribution in [1.82, 2.24) is 15.0 Å². The van der Waals surface area contributed by atoms with Gasteiger partial charge in [-0.2, -0.15) is 43.5 Å². The number of hydrogen-bond donors (Lipinski definition) is 7. The summed E-state index contributed by atoms with van der Waals surface area (Å²) in [5.74, 6) is 0.760. The number of nitrogens with one attached hydrogen (secondary N) is 2. The van der Waals surface area contributed by atoms with Crippen molar-refractivity contribution >= 4 is 89.0 Å². The number of aromatic hydroxyl groups is 1. The summed E-state index contributed by atoms with van der Waals surface area (Å²) in [5, 5.41) is 32.9. The Morgan fingerprint density at radius 2 is 1.67 bits per heavy atom. The van der Waals surface area contributed by atoms with Gasteiger partial charge in [-0.1, -0.05) is 6.07 Å². The number of nitrogens with two attached hydrogens (primary N) is 1. The van der Waals surface area contributed by atoms with E-state index in [1.54, 1.807) is 0 Å². The van der Waals surface area contributed by atoms with Gasteiger partial charge < -0.3 is 26.6 Å². The van der Waals surface area contributed by atoms with Gasteiger partial charge in [-0.05, 0) is 47.3 Å². The van der Waals surface area contributed by atoms with Gasteiger partial charge in [0.2, 0.25) is 17.2 Å². The van der Waals surface area contributed by atoms with Gasteiger partial charge in [0.15, 0.2) is 0 Å². The zero-order chi connectivity index (χ0) is 31.4. The molecule has 1 aromatic heterocycles. The lowest BCUT2D eigenvalue weighted by Gasteiger charge is -2.11. The molecule has 0 aliphatic rings. The predicted molar refractivity (Wildman–Crippen MR) is 161 cm³/mol. The third-order valence-corrected chi connectivity index (χ3v) is 8.34. The number of nitrogens with zero attached hydrogens (tertiary/aromatic N) is 5. The van der Waals surface area contributed by atoms with Crippen molar-refractivity contribution in [1.29, 1.82) is 0 Å². The Morgan fingerprint density at radius 3 is 2.37 bits per heavy atom. The first-order valence-corrected chi connectivity index (χ1v) is 16.3. The van der Waals surface area contributed by atoms with Gasteiger partial charge in [0, 0.05) is 29.8 Å². The van der Waals surface area contributed by atoms with Crippen LogP contribution in [-0.4, -0.2) is 75.8 Å². The van der Waals surface area contributed by atoms with E-state index in [0.717, 1.165) is 18.2 Å². The highest BCUT2D eigenvalue weighted by Gasteiger charge is 2.19. The van der Waals surface area contributed by atoms with Crippen molar-refractivity contribution in [3.63, 3.8) is 0 Å². The highest BCUT2D eigenvalue weighted by Crippen LogP contribution is 2.41. The van der Waals surface area contributed by atoms with Crippen LogP contribution in [0, 0.1) is 0 Å². The Kier molecular flexibility index (Phi) is 9.85. The third-order valence-electron chi connectivity index (χ3n) is 5.50. The number of phenols is 1. The lowest BCUT2D eigenvalue weighted by molar-refractivity contribution is 0.322. The van der Waals surface area contributed by atoms with Gasteiger partial charge in [0.1, 0.15) is 22.0 Å². The fraction of sp³-hybridized carbons (Fsp3) is 0.174. The molecule has 0 amide bonds. The molecule has 0 atom stereocenters. The minimum absolute atomic E-state index is 0.000895. The standard InChI is InChI=1S/C23H23ClN8O8S3/c24-21-28-22(26-5-7-41-8-6-33)30-23(29-21)27-13-2-4-16(18(10-13)43(38,39)40)31-32-20-15(25)3-1-12-9-14(42(35,36)37)11-17(34)19(12)20/h1-4,9-11,33-34H,5-8,25H2,(H,35,36,37)(H,38,39,40)(H2,26,27,28,29,30)/b32-31+. The maximum atomic E-state index is 12.2. The molecule has 228 valence electrons. The molecule has 8 N–H and O–H groups in total. The summed E-state index contributed by atoms with van der Waals surface area (Å²) in [7, 11) is -9.49. The van der Waals surface area contributed by atoms with Crippen LogP contribution >= 0.6 is 23.4 Å². The van der Waals surface area contributed by atoms with Crippen LogP contribution in [0.15, 0.2) is 62.5 Å². The number of aliphatic hydroxyl groups excluding tert-OH is 1. The van der Waals surface area contributed by atoms with Crippen LogP contribution in [0.4, 0.5) is 34.6 Å². The average molecular weight is 671 g/mol. The number of aromatic nitrogens is 3. The Balaban J connectivity index is 1.66. The Hall–Kier alpha value is -3.85. The smallest absolute Gasteiger partial charge is 0.296 e. The second-order valence-electron chi connectivity index (χ2n) is 8.52. The molecule has 4 rings (SSSR count). The highest BCUT2D eigenvalue weighted by molar-refractivity contribution is 7.99. The normalized spacial score (nSPS) is 12.2. The lowest BCUT2D eigenvalue weighted by atomic mass is 10.1. The fourth-order valence-electron chi connectivity index (χ4n) is 3.67. The summed E-state index contributed by atoms with van der Waals surface area (Å²) in [6, 6.07) is 8.25. The number of nitrogen functional groups attached to an aromatic ring is 1. The van der Waals surface area contributed by atoms with Gasteiger partial charge in [-0.3, -0.25) is 9.11 Å². The van der Waals surface area contributed by atoms with Gasteiger partial charge in [0.25, 0.3) is 20.2 Å². The van der Waals surface area contributed by atoms with E-state index in [-0.39, 0.29) is 57.3 Å². The SMILES string of the molecule is Nc1ccc2cc(S(=O)(=O)O)cc(O)c2c1/N=N/c1ccc(Nc2nc(Cl)nc(NCCSCCO)n2)cc1S(=O)(=O)O. The first-order chi connectivity index (χ1) is 20.3. The van der Waals surface area contributed by atoms with Crippen LogP contribution in [0.3, 0.4) is 0 Å². The molecule has 0 spiro atoms. The van der Waals surface area contributed by atoms with E-state index in [1.807, 2.05) is 0 Å². The molecule has 1 heterocycles. The van der Waals surface area contributed by atoms with Crippen LogP contribution in [0.25, 0.3) is 10.8 Å². The highest BCUT2D eigenvalue weighted by atomic mass is 35.5. The number of phenolic OH excluding ortho intramolecular Hbond substituents is 1. The molecule has 0 radical (unpaired) electrons. The van der Waals surface area contributed by atoms with Crippen LogP contribution < -0.4 is 16.4 Å². The third kappa shape index (κ3) is 8.16. The van der Waals surface area contributed by atoms with Crippen molar-refractivity contribution in [2.24, 2.45) is 10.2 Å². The summed E-state index contributed by atoms with van der Waals surface area (Å²) in [6.07, 6.45) is 0. The van der Waals surface area contributed by atoms with E-state index in [1.165, 1.54) is 36.0 Å². The Morgan fingerprint density at radius 1 is 0.930 bits per heavy atom. The van der Waals surface area contributed by atoms with Gasteiger partial charge >= 0.3 is 0 Å². The molecule has 0 bridgehead atoms. The number of fused-ring (bicyclic) bond motifs is 1.